The molecule has 1 aliphatic rings. The van der Waals surface area contributed by atoms with E-state index in [0.717, 1.165) is 38.5 Å². The predicted octanol–water partition coefficient (Wildman–Crippen LogP) is 4.49. The van der Waals surface area contributed by atoms with Crippen LogP contribution in [0.5, 0.6) is 5.75 Å². The van der Waals surface area contributed by atoms with Crippen molar-refractivity contribution in [3.63, 3.8) is 0 Å². The molecule has 148 valence electrons. The highest BCUT2D eigenvalue weighted by molar-refractivity contribution is 6.36. The second kappa shape index (κ2) is 9.94. The Balaban J connectivity index is 1.59. The summed E-state index contributed by atoms with van der Waals surface area (Å²) in [5.41, 5.74) is 2.57. The van der Waals surface area contributed by atoms with Crippen LogP contribution in [0.2, 0.25) is 10.0 Å². The lowest BCUT2D eigenvalue weighted by Gasteiger charge is -2.26. The lowest BCUT2D eigenvalue weighted by molar-refractivity contribution is -0.111. The van der Waals surface area contributed by atoms with Gasteiger partial charge in [0.05, 0.1) is 25.3 Å². The highest BCUT2D eigenvalue weighted by Gasteiger charge is 2.11. The number of carbonyl (C=O) groups is 1. The fraction of sp³-hybridized carbons (Fsp3) is 0.286. The van der Waals surface area contributed by atoms with Crippen molar-refractivity contribution < 1.29 is 14.3 Å². The first-order chi connectivity index (χ1) is 13.5. The summed E-state index contributed by atoms with van der Waals surface area (Å²) in [6, 6.07) is 11.1. The normalized spacial score (nSPS) is 15.0. The summed E-state index contributed by atoms with van der Waals surface area (Å²) in [7, 11) is 1.52. The van der Waals surface area contributed by atoms with E-state index in [9.17, 15) is 4.79 Å². The van der Waals surface area contributed by atoms with E-state index in [1.807, 2.05) is 24.3 Å². The third-order valence-corrected chi connectivity index (χ3v) is 4.89. The summed E-state index contributed by atoms with van der Waals surface area (Å²) in [6.45, 7) is 4.33. The highest BCUT2D eigenvalue weighted by atomic mass is 35.5. The van der Waals surface area contributed by atoms with Crippen molar-refractivity contribution in [2.24, 2.45) is 0 Å². The van der Waals surface area contributed by atoms with Crippen molar-refractivity contribution in [2.75, 3.05) is 38.7 Å². The number of hydrogen-bond donors (Lipinski definition) is 1. The average Bonchev–Trinajstić information content (AvgIpc) is 2.68. The maximum absolute atomic E-state index is 12.2. The van der Waals surface area contributed by atoms with Gasteiger partial charge in [0.15, 0.2) is 0 Å². The molecule has 7 heteroatoms. The first-order valence-corrected chi connectivity index (χ1v) is 9.72. The third kappa shape index (κ3) is 5.72. The van der Waals surface area contributed by atoms with Crippen molar-refractivity contribution in [1.29, 1.82) is 0 Å². The molecule has 0 unspecified atom stereocenters. The number of rotatable bonds is 6. The molecular weight excluding hydrogens is 399 g/mol. The maximum atomic E-state index is 12.2. The van der Waals surface area contributed by atoms with E-state index < -0.39 is 0 Å². The SMILES string of the molecule is COc1c(Cl)cc(Cl)cc1/C=C/C(=O)Nc1ccc(CN2CCOCC2)cc1. The monoisotopic (exact) mass is 420 g/mol. The van der Waals surface area contributed by atoms with E-state index in [4.69, 9.17) is 32.7 Å². The first-order valence-electron chi connectivity index (χ1n) is 8.96. The fourth-order valence-electron chi connectivity index (χ4n) is 2.98. The average molecular weight is 421 g/mol. The molecule has 1 aliphatic heterocycles. The zero-order valence-electron chi connectivity index (χ0n) is 15.6. The van der Waals surface area contributed by atoms with Crippen LogP contribution >= 0.6 is 23.2 Å². The van der Waals surface area contributed by atoms with E-state index in [0.29, 0.717) is 21.4 Å². The molecule has 0 spiro atoms. The Kier molecular flexibility index (Phi) is 7.34. The quantitative estimate of drug-likeness (QED) is 0.699. The molecule has 0 aliphatic carbocycles. The summed E-state index contributed by atoms with van der Waals surface area (Å²) in [6.07, 6.45) is 3.05. The fourth-order valence-corrected chi connectivity index (χ4v) is 3.57. The smallest absolute Gasteiger partial charge is 0.248 e. The molecule has 2 aromatic rings. The lowest BCUT2D eigenvalue weighted by Crippen LogP contribution is -2.35. The number of anilines is 1. The van der Waals surface area contributed by atoms with Crippen molar-refractivity contribution in [3.05, 3.63) is 63.6 Å². The molecule has 0 saturated carbocycles. The van der Waals surface area contributed by atoms with Crippen molar-refractivity contribution in [3.8, 4) is 5.75 Å². The number of nitrogens with one attached hydrogen (secondary N) is 1. The van der Waals surface area contributed by atoms with Gasteiger partial charge in [-0.3, -0.25) is 9.69 Å². The third-order valence-electron chi connectivity index (χ3n) is 4.39. The molecule has 5 nitrogen and oxygen atoms in total. The molecule has 0 atom stereocenters. The molecule has 0 aromatic heterocycles. The van der Waals surface area contributed by atoms with Crippen LogP contribution in [0, 0.1) is 0 Å². The highest BCUT2D eigenvalue weighted by Crippen LogP contribution is 2.33. The maximum Gasteiger partial charge on any atom is 0.248 e. The Bertz CT molecular complexity index is 847. The van der Waals surface area contributed by atoms with Gasteiger partial charge < -0.3 is 14.8 Å². The standard InChI is InChI=1S/C21H22Cl2N2O3/c1-27-21-16(12-17(22)13-19(21)23)4-7-20(26)24-18-5-2-15(3-6-18)14-25-8-10-28-11-9-25/h2-7,12-13H,8-11,14H2,1H3,(H,24,26)/b7-4+. The minimum Gasteiger partial charge on any atom is -0.495 e. The van der Waals surface area contributed by atoms with Gasteiger partial charge in [0.25, 0.3) is 0 Å². The largest absolute Gasteiger partial charge is 0.495 e. The van der Waals surface area contributed by atoms with E-state index in [1.54, 1.807) is 18.2 Å². The zero-order chi connectivity index (χ0) is 19.9. The number of halogens is 2. The van der Waals surface area contributed by atoms with Crippen LogP contribution in [0.1, 0.15) is 11.1 Å². The van der Waals surface area contributed by atoms with E-state index in [1.165, 1.54) is 18.7 Å². The van der Waals surface area contributed by atoms with E-state index in [2.05, 4.69) is 10.2 Å². The number of hydrogen-bond acceptors (Lipinski definition) is 4. The summed E-state index contributed by atoms with van der Waals surface area (Å²) in [4.78, 5) is 14.6. The summed E-state index contributed by atoms with van der Waals surface area (Å²) < 4.78 is 10.6. The van der Waals surface area contributed by atoms with Crippen molar-refractivity contribution >= 4 is 40.9 Å². The van der Waals surface area contributed by atoms with Crippen LogP contribution in [0.4, 0.5) is 5.69 Å². The molecule has 1 saturated heterocycles. The number of amides is 1. The van der Waals surface area contributed by atoms with Gasteiger partial charge in [-0.25, -0.2) is 0 Å². The Morgan fingerprint density at radius 1 is 1.21 bits per heavy atom. The molecule has 1 heterocycles. The summed E-state index contributed by atoms with van der Waals surface area (Å²) in [5.74, 6) is 0.224. The minimum absolute atomic E-state index is 0.251. The number of methoxy groups -OCH3 is 1. The van der Waals surface area contributed by atoms with Gasteiger partial charge in [-0.1, -0.05) is 35.3 Å². The molecule has 28 heavy (non-hydrogen) atoms. The van der Waals surface area contributed by atoms with Crippen LogP contribution in [-0.2, 0) is 16.1 Å². The van der Waals surface area contributed by atoms with Gasteiger partial charge in [-0.05, 0) is 35.9 Å². The second-order valence-electron chi connectivity index (χ2n) is 6.42. The van der Waals surface area contributed by atoms with Crippen molar-refractivity contribution in [1.82, 2.24) is 4.90 Å². The predicted molar refractivity (Wildman–Crippen MR) is 113 cm³/mol. The number of carbonyl (C=O) groups excluding carboxylic acids is 1. The number of ether oxygens (including phenoxy) is 2. The molecule has 1 N–H and O–H groups in total. The van der Waals surface area contributed by atoms with Gasteiger partial charge in [0, 0.05) is 42.0 Å². The Labute approximate surface area is 174 Å². The van der Waals surface area contributed by atoms with Crippen molar-refractivity contribution in [2.45, 2.75) is 6.54 Å². The lowest BCUT2D eigenvalue weighted by atomic mass is 10.1. The molecule has 3 rings (SSSR count). The molecule has 0 bridgehead atoms. The molecule has 2 aromatic carbocycles. The summed E-state index contributed by atoms with van der Waals surface area (Å²) >= 11 is 12.1. The first kappa shape index (κ1) is 20.7. The van der Waals surface area contributed by atoms with Gasteiger partial charge in [-0.2, -0.15) is 0 Å². The van der Waals surface area contributed by atoms with E-state index >= 15 is 0 Å². The topological polar surface area (TPSA) is 50.8 Å². The van der Waals surface area contributed by atoms with Gasteiger partial charge >= 0.3 is 0 Å². The summed E-state index contributed by atoms with van der Waals surface area (Å²) in [5, 5.41) is 3.71. The molecular formula is C21H22Cl2N2O3. The van der Waals surface area contributed by atoms with Gasteiger partial charge in [-0.15, -0.1) is 0 Å². The molecule has 1 amide bonds. The second-order valence-corrected chi connectivity index (χ2v) is 7.26. The number of benzene rings is 2. The Morgan fingerprint density at radius 2 is 1.93 bits per heavy atom. The molecule has 0 radical (unpaired) electrons. The molecule has 1 fully saturated rings. The number of morpholine rings is 1. The van der Waals surface area contributed by atoms with Crippen LogP contribution in [-0.4, -0.2) is 44.2 Å². The Hall–Kier alpha value is -2.05. The van der Waals surface area contributed by atoms with Gasteiger partial charge in [0.2, 0.25) is 5.91 Å². The minimum atomic E-state index is -0.251. The van der Waals surface area contributed by atoms with Crippen LogP contribution in [0.3, 0.4) is 0 Å². The van der Waals surface area contributed by atoms with Gasteiger partial charge in [0.1, 0.15) is 5.75 Å². The Morgan fingerprint density at radius 3 is 2.61 bits per heavy atom. The van der Waals surface area contributed by atoms with Crippen LogP contribution < -0.4 is 10.1 Å². The van der Waals surface area contributed by atoms with E-state index in [-0.39, 0.29) is 5.91 Å². The zero-order valence-corrected chi connectivity index (χ0v) is 17.1. The van der Waals surface area contributed by atoms with Crippen LogP contribution in [0.15, 0.2) is 42.5 Å². The number of nitrogens with zero attached hydrogens (tertiary/aromatic N) is 1. The van der Waals surface area contributed by atoms with Crippen LogP contribution in [0.25, 0.3) is 6.08 Å².